The lowest BCUT2D eigenvalue weighted by Gasteiger charge is -1.94. The Labute approximate surface area is 62.4 Å². The molecule has 0 aliphatic heterocycles. The van der Waals surface area contributed by atoms with Gasteiger partial charge in [-0.25, -0.2) is 4.39 Å². The average Bonchev–Trinajstić information content (AvgIpc) is 1.89. The van der Waals surface area contributed by atoms with Crippen molar-refractivity contribution in [1.29, 1.82) is 0 Å². The Morgan fingerprint density at radius 3 is 2.10 bits per heavy atom. The summed E-state index contributed by atoms with van der Waals surface area (Å²) in [6.45, 7) is 5.73. The van der Waals surface area contributed by atoms with Crippen LogP contribution in [0.3, 0.4) is 0 Å². The zero-order chi connectivity index (χ0) is 7.98. The lowest BCUT2D eigenvalue weighted by Crippen LogP contribution is -1.76. The first kappa shape index (κ1) is 9.41. The number of halogens is 1. The summed E-state index contributed by atoms with van der Waals surface area (Å²) in [5.74, 6) is -0.0793. The van der Waals surface area contributed by atoms with Gasteiger partial charge in [0.15, 0.2) is 0 Å². The van der Waals surface area contributed by atoms with Crippen LogP contribution in [-0.4, -0.2) is 0 Å². The molecule has 0 fully saturated rings. The van der Waals surface area contributed by atoms with Gasteiger partial charge in [-0.3, -0.25) is 0 Å². The van der Waals surface area contributed by atoms with Gasteiger partial charge >= 0.3 is 0 Å². The van der Waals surface area contributed by atoms with Crippen LogP contribution in [0.4, 0.5) is 4.39 Å². The average molecular weight is 142 g/mol. The van der Waals surface area contributed by atoms with Crippen LogP contribution >= 0.6 is 0 Å². The maximum Gasteiger partial charge on any atom is 0.121 e. The van der Waals surface area contributed by atoms with Gasteiger partial charge in [-0.15, -0.1) is 0 Å². The zero-order valence-electron chi connectivity index (χ0n) is 6.95. The normalized spacial score (nSPS) is 14.0. The molecule has 0 heterocycles. The lowest BCUT2D eigenvalue weighted by molar-refractivity contribution is 0.644. The smallest absolute Gasteiger partial charge is 0.121 e. The Morgan fingerprint density at radius 2 is 1.70 bits per heavy atom. The summed E-state index contributed by atoms with van der Waals surface area (Å²) >= 11 is 0. The topological polar surface area (TPSA) is 0 Å². The van der Waals surface area contributed by atoms with E-state index in [-0.39, 0.29) is 5.83 Å². The van der Waals surface area contributed by atoms with E-state index in [0.717, 1.165) is 18.4 Å². The van der Waals surface area contributed by atoms with Crippen LogP contribution in [0.15, 0.2) is 23.6 Å². The molecule has 0 nitrogen and oxygen atoms in total. The standard InChI is InChI=1S/C9H15F/c1-4-6-8(3)9(10)7-5-2/h6-7H,4-5H2,1-3H3/b8-6-,9-7+. The van der Waals surface area contributed by atoms with E-state index in [2.05, 4.69) is 0 Å². The predicted octanol–water partition coefficient (Wildman–Crippen LogP) is 3.61. The zero-order valence-corrected chi connectivity index (χ0v) is 6.95. The molecular weight excluding hydrogens is 127 g/mol. The third-order valence-electron chi connectivity index (χ3n) is 1.27. The molecule has 0 spiro atoms. The van der Waals surface area contributed by atoms with Crippen LogP contribution in [0.25, 0.3) is 0 Å². The van der Waals surface area contributed by atoms with E-state index >= 15 is 0 Å². The Kier molecular flexibility index (Phi) is 4.91. The Balaban J connectivity index is 4.06. The van der Waals surface area contributed by atoms with Crippen molar-refractivity contribution in [1.82, 2.24) is 0 Å². The summed E-state index contributed by atoms with van der Waals surface area (Å²) in [4.78, 5) is 0. The van der Waals surface area contributed by atoms with E-state index in [1.165, 1.54) is 0 Å². The van der Waals surface area contributed by atoms with Crippen LogP contribution in [0.5, 0.6) is 0 Å². The van der Waals surface area contributed by atoms with Gasteiger partial charge < -0.3 is 0 Å². The molecular formula is C9H15F. The molecule has 1 heteroatoms. The summed E-state index contributed by atoms with van der Waals surface area (Å²) in [5.41, 5.74) is 0.754. The van der Waals surface area contributed by atoms with Crippen LogP contribution in [0.2, 0.25) is 0 Å². The highest BCUT2D eigenvalue weighted by atomic mass is 19.1. The van der Waals surface area contributed by atoms with Gasteiger partial charge in [0.2, 0.25) is 0 Å². The van der Waals surface area contributed by atoms with E-state index in [1.807, 2.05) is 19.9 Å². The molecule has 0 saturated carbocycles. The second-order valence-corrected chi connectivity index (χ2v) is 2.26. The molecule has 0 aliphatic rings. The van der Waals surface area contributed by atoms with Gasteiger partial charge in [0, 0.05) is 0 Å². The van der Waals surface area contributed by atoms with Crippen molar-refractivity contribution in [3.63, 3.8) is 0 Å². The quantitative estimate of drug-likeness (QED) is 0.528. The molecule has 0 amide bonds. The highest BCUT2D eigenvalue weighted by molar-refractivity contribution is 5.22. The largest absolute Gasteiger partial charge is 0.207 e. The van der Waals surface area contributed by atoms with Crippen LogP contribution in [0.1, 0.15) is 33.6 Å². The summed E-state index contributed by atoms with van der Waals surface area (Å²) in [6, 6.07) is 0. The van der Waals surface area contributed by atoms with Crippen LogP contribution in [0, 0.1) is 0 Å². The van der Waals surface area contributed by atoms with Gasteiger partial charge in [-0.1, -0.05) is 19.9 Å². The fraction of sp³-hybridized carbons (Fsp3) is 0.556. The molecule has 0 unspecified atom stereocenters. The molecule has 0 N–H and O–H groups in total. The summed E-state index contributed by atoms with van der Waals surface area (Å²) < 4.78 is 12.8. The first-order valence-corrected chi connectivity index (χ1v) is 3.75. The van der Waals surface area contributed by atoms with Crippen molar-refractivity contribution >= 4 is 0 Å². The van der Waals surface area contributed by atoms with E-state index in [9.17, 15) is 4.39 Å². The second kappa shape index (κ2) is 5.21. The van der Waals surface area contributed by atoms with Gasteiger partial charge in [-0.2, -0.15) is 0 Å². The molecule has 0 bridgehead atoms. The Bertz CT molecular complexity index is 125. The molecule has 0 atom stereocenters. The van der Waals surface area contributed by atoms with Gasteiger partial charge in [0.25, 0.3) is 0 Å². The van der Waals surface area contributed by atoms with E-state index in [4.69, 9.17) is 0 Å². The summed E-state index contributed by atoms with van der Waals surface area (Å²) in [7, 11) is 0. The number of allylic oxidation sites excluding steroid dienone is 4. The fourth-order valence-electron chi connectivity index (χ4n) is 0.744. The minimum Gasteiger partial charge on any atom is -0.207 e. The minimum absolute atomic E-state index is 0.0793. The molecule has 0 saturated heterocycles. The maximum absolute atomic E-state index is 12.8. The monoisotopic (exact) mass is 142 g/mol. The van der Waals surface area contributed by atoms with Gasteiger partial charge in [0.05, 0.1) is 0 Å². The van der Waals surface area contributed by atoms with Crippen LogP contribution in [-0.2, 0) is 0 Å². The number of hydrogen-bond donors (Lipinski definition) is 0. The summed E-state index contributed by atoms with van der Waals surface area (Å²) in [6.07, 6.45) is 5.15. The Hall–Kier alpha value is -0.590. The first-order valence-electron chi connectivity index (χ1n) is 3.75. The third-order valence-corrected chi connectivity index (χ3v) is 1.27. The third kappa shape index (κ3) is 3.44. The maximum atomic E-state index is 12.8. The van der Waals surface area contributed by atoms with Gasteiger partial charge in [0.1, 0.15) is 5.83 Å². The van der Waals surface area contributed by atoms with Crippen molar-refractivity contribution < 1.29 is 4.39 Å². The highest BCUT2D eigenvalue weighted by Gasteiger charge is 1.93. The SMILES string of the molecule is CC/C=C(C)\C(F)=C/CC. The van der Waals surface area contributed by atoms with Crippen molar-refractivity contribution in [3.05, 3.63) is 23.6 Å². The van der Waals surface area contributed by atoms with E-state index in [1.54, 1.807) is 13.0 Å². The Morgan fingerprint density at radius 1 is 1.20 bits per heavy atom. The predicted molar refractivity (Wildman–Crippen MR) is 43.5 cm³/mol. The molecule has 10 heavy (non-hydrogen) atoms. The molecule has 58 valence electrons. The van der Waals surface area contributed by atoms with Crippen molar-refractivity contribution in [2.45, 2.75) is 33.6 Å². The summed E-state index contributed by atoms with van der Waals surface area (Å²) in [5, 5.41) is 0. The van der Waals surface area contributed by atoms with E-state index in [0.29, 0.717) is 0 Å². The molecule has 0 aromatic rings. The van der Waals surface area contributed by atoms with Crippen molar-refractivity contribution in [2.24, 2.45) is 0 Å². The lowest BCUT2D eigenvalue weighted by atomic mass is 10.2. The molecule has 0 aliphatic carbocycles. The van der Waals surface area contributed by atoms with Crippen LogP contribution < -0.4 is 0 Å². The highest BCUT2D eigenvalue weighted by Crippen LogP contribution is 2.11. The minimum atomic E-state index is -0.0793. The second-order valence-electron chi connectivity index (χ2n) is 2.26. The number of hydrogen-bond acceptors (Lipinski definition) is 0. The van der Waals surface area contributed by atoms with Gasteiger partial charge in [-0.05, 0) is 31.4 Å². The fourth-order valence-corrected chi connectivity index (χ4v) is 0.744. The number of rotatable bonds is 3. The first-order chi connectivity index (χ1) is 4.72. The molecule has 0 rings (SSSR count). The molecule has 0 aromatic heterocycles. The molecule has 0 radical (unpaired) electrons. The molecule has 0 aromatic carbocycles. The van der Waals surface area contributed by atoms with E-state index < -0.39 is 0 Å². The van der Waals surface area contributed by atoms with Crippen molar-refractivity contribution in [3.8, 4) is 0 Å². The van der Waals surface area contributed by atoms with Crippen molar-refractivity contribution in [2.75, 3.05) is 0 Å².